The maximum absolute atomic E-state index is 13.7. The first-order valence-electron chi connectivity index (χ1n) is 14.1. The minimum absolute atomic E-state index is 0.0149. The summed E-state index contributed by atoms with van der Waals surface area (Å²) in [6.45, 7) is 15.4. The summed E-state index contributed by atoms with van der Waals surface area (Å²) in [6, 6.07) is 0. The number of rotatable bonds is 8. The van der Waals surface area contributed by atoms with Crippen molar-refractivity contribution in [1.29, 1.82) is 5.41 Å². The fourth-order valence-electron chi connectivity index (χ4n) is 5.80. The van der Waals surface area contributed by atoms with E-state index < -0.39 is 62.4 Å². The van der Waals surface area contributed by atoms with E-state index in [9.17, 15) is 21.6 Å². The molecule has 4 rings (SSSR count). The van der Waals surface area contributed by atoms with Gasteiger partial charge in [0.2, 0.25) is 11.6 Å². The average Bonchev–Trinajstić information content (AvgIpc) is 3.41. The molecule has 2 aliphatic rings. The molecule has 246 valence electrons. The zero-order chi connectivity index (χ0) is 33.2. The molecule has 0 bridgehead atoms. The van der Waals surface area contributed by atoms with Gasteiger partial charge >= 0.3 is 32.7 Å². The molecule has 0 aromatic carbocycles. The summed E-state index contributed by atoms with van der Waals surface area (Å²) in [5, 5.41) is 8.14. The van der Waals surface area contributed by atoms with Crippen molar-refractivity contribution in [2.24, 2.45) is 5.73 Å². The van der Waals surface area contributed by atoms with E-state index in [1.165, 1.54) is 6.20 Å². The Balaban J connectivity index is 2.03. The molecule has 2 aromatic rings. The van der Waals surface area contributed by atoms with Gasteiger partial charge < -0.3 is 33.4 Å². The Morgan fingerprint density at radius 3 is 2.14 bits per heavy atom. The molecule has 0 spiro atoms. The molecule has 0 saturated carbocycles. The SMILES string of the molecule is CC(C)[Si]1(C(C)C)OCC2OC(n3cc(C(=N)N)c4c(N)ncnc43)=C(OS(=O)(=O)C(F)(F)F)C2O[Si](C(C)C)(C(C)C)O1. The molecule has 0 radical (unpaired) electrons. The van der Waals surface area contributed by atoms with E-state index in [2.05, 4.69) is 9.97 Å². The Morgan fingerprint density at radius 1 is 1.07 bits per heavy atom. The van der Waals surface area contributed by atoms with E-state index in [0.29, 0.717) is 0 Å². The normalized spacial score (nSPS) is 22.4. The number of anilines is 1. The lowest BCUT2D eigenvalue weighted by Gasteiger charge is -2.51. The molecule has 1 fully saturated rings. The lowest BCUT2D eigenvalue weighted by atomic mass is 10.2. The molecular weight excluding hydrogens is 642 g/mol. The number of nitrogens with one attached hydrogen (secondary N) is 1. The maximum atomic E-state index is 13.7. The third-order valence-corrected chi connectivity index (χ3v) is 19.2. The van der Waals surface area contributed by atoms with Crippen molar-refractivity contribution in [2.45, 2.75) is 95.3 Å². The number of ether oxygens (including phenoxy) is 1. The average molecular weight is 681 g/mol. The summed E-state index contributed by atoms with van der Waals surface area (Å²) < 4.78 is 99.0. The highest BCUT2D eigenvalue weighted by atomic mass is 32.2. The van der Waals surface area contributed by atoms with Crippen LogP contribution in [0.1, 0.15) is 61.0 Å². The minimum atomic E-state index is -6.21. The van der Waals surface area contributed by atoms with Crippen LogP contribution in [0.4, 0.5) is 19.0 Å². The standard InChI is InChI=1S/C25H39F3N6O7SSi2/c1-12(2)43(13(3)4)37-10-17-19(40-44(41-43,14(5)6)15(7)8)20(39-42(35,36)25(26,27)28)24(38-17)34-9-16(21(29)30)18-22(31)32-11-33-23(18)34/h9,11-15,17,19H,10H2,1-8H3,(H3,29,30)(H2,31,32,33). The van der Waals surface area contributed by atoms with Gasteiger partial charge in [0.05, 0.1) is 12.0 Å². The Labute approximate surface area is 256 Å². The zero-order valence-corrected chi connectivity index (χ0v) is 28.5. The van der Waals surface area contributed by atoms with Crippen LogP contribution in [0.5, 0.6) is 0 Å². The lowest BCUT2D eigenvalue weighted by Crippen LogP contribution is -2.65. The first-order valence-corrected chi connectivity index (χ1v) is 19.4. The van der Waals surface area contributed by atoms with Gasteiger partial charge in [-0.15, -0.1) is 0 Å². The maximum Gasteiger partial charge on any atom is 0.534 e. The second-order valence-electron chi connectivity index (χ2n) is 12.1. The van der Waals surface area contributed by atoms with Crippen LogP contribution in [-0.2, 0) is 32.0 Å². The van der Waals surface area contributed by atoms with Crippen LogP contribution in [0, 0.1) is 5.41 Å². The molecule has 0 amide bonds. The molecule has 2 aromatic heterocycles. The van der Waals surface area contributed by atoms with Gasteiger partial charge in [0.1, 0.15) is 18.0 Å². The van der Waals surface area contributed by atoms with Gasteiger partial charge in [-0.05, 0) is 22.2 Å². The number of amidine groups is 1. The van der Waals surface area contributed by atoms with Gasteiger partial charge in [-0.25, -0.2) is 9.97 Å². The Bertz CT molecular complexity index is 1560. The van der Waals surface area contributed by atoms with Gasteiger partial charge in [-0.2, -0.15) is 21.6 Å². The number of nitrogen functional groups attached to an aromatic ring is 2. The molecule has 44 heavy (non-hydrogen) atoms. The monoisotopic (exact) mass is 680 g/mol. The number of aromatic nitrogens is 3. The predicted octanol–water partition coefficient (Wildman–Crippen LogP) is 4.65. The van der Waals surface area contributed by atoms with Crippen LogP contribution in [0.3, 0.4) is 0 Å². The van der Waals surface area contributed by atoms with Crippen LogP contribution < -0.4 is 11.5 Å². The first kappa shape index (κ1) is 34.2. The number of fused-ring (bicyclic) bond motifs is 2. The quantitative estimate of drug-likeness (QED) is 0.116. The molecule has 2 atom stereocenters. The number of halogens is 3. The second-order valence-corrected chi connectivity index (χ2v) is 22.5. The highest BCUT2D eigenvalue weighted by molar-refractivity contribution is 7.87. The number of nitrogens with zero attached hydrogens (tertiary/aromatic N) is 3. The summed E-state index contributed by atoms with van der Waals surface area (Å²) in [4.78, 5) is 8.10. The summed E-state index contributed by atoms with van der Waals surface area (Å²) in [7, 11) is -12.8. The minimum Gasteiger partial charge on any atom is -0.467 e. The third-order valence-electron chi connectivity index (χ3n) is 8.00. The first-order chi connectivity index (χ1) is 20.2. The van der Waals surface area contributed by atoms with Crippen molar-refractivity contribution in [2.75, 3.05) is 12.3 Å². The van der Waals surface area contributed by atoms with Crippen molar-refractivity contribution < 1.29 is 43.5 Å². The van der Waals surface area contributed by atoms with Crippen LogP contribution >= 0.6 is 0 Å². The van der Waals surface area contributed by atoms with Crippen molar-refractivity contribution in [1.82, 2.24) is 14.5 Å². The van der Waals surface area contributed by atoms with E-state index in [4.69, 9.17) is 38.8 Å². The Kier molecular flexibility index (Phi) is 8.99. The number of alkyl halides is 3. The van der Waals surface area contributed by atoms with Gasteiger partial charge in [0.15, 0.2) is 17.9 Å². The number of hydrogen-bond acceptors (Lipinski definition) is 11. The highest BCUT2D eigenvalue weighted by Crippen LogP contribution is 2.49. The number of hydrogen-bond donors (Lipinski definition) is 3. The molecule has 2 unspecified atom stereocenters. The van der Waals surface area contributed by atoms with E-state index in [1.54, 1.807) is 0 Å². The van der Waals surface area contributed by atoms with Crippen LogP contribution in [0.25, 0.3) is 16.9 Å². The zero-order valence-electron chi connectivity index (χ0n) is 25.7. The van der Waals surface area contributed by atoms with Crippen LogP contribution in [0.15, 0.2) is 18.3 Å². The van der Waals surface area contributed by atoms with E-state index >= 15 is 0 Å². The smallest absolute Gasteiger partial charge is 0.467 e. The summed E-state index contributed by atoms with van der Waals surface area (Å²) in [5.74, 6) is -1.76. The van der Waals surface area contributed by atoms with E-state index in [1.807, 2.05) is 55.4 Å². The Hall–Kier alpha value is -2.72. The largest absolute Gasteiger partial charge is 0.534 e. The van der Waals surface area contributed by atoms with Crippen LogP contribution in [0.2, 0.25) is 22.2 Å². The van der Waals surface area contributed by atoms with Crippen molar-refractivity contribution in [3.63, 3.8) is 0 Å². The van der Waals surface area contributed by atoms with Gasteiger partial charge in [0, 0.05) is 11.8 Å². The molecule has 5 N–H and O–H groups in total. The topological polar surface area (TPSA) is 187 Å². The third kappa shape index (κ3) is 5.50. The van der Waals surface area contributed by atoms with E-state index in [-0.39, 0.29) is 51.2 Å². The van der Waals surface area contributed by atoms with Crippen LogP contribution in [-0.4, -0.2) is 70.2 Å². The highest BCUT2D eigenvalue weighted by Gasteiger charge is 2.62. The molecule has 1 saturated heterocycles. The van der Waals surface area contributed by atoms with Gasteiger partial charge in [-0.1, -0.05) is 55.4 Å². The fourth-order valence-corrected chi connectivity index (χ4v) is 17.4. The summed E-state index contributed by atoms with van der Waals surface area (Å²) >= 11 is 0. The molecule has 4 heterocycles. The van der Waals surface area contributed by atoms with Crippen molar-refractivity contribution in [3.8, 4) is 0 Å². The molecular formula is C25H39F3N6O7SSi2. The van der Waals surface area contributed by atoms with Crippen molar-refractivity contribution >= 4 is 55.8 Å². The number of nitrogens with two attached hydrogens (primary N) is 2. The van der Waals surface area contributed by atoms with Gasteiger partial charge in [0.25, 0.3) is 0 Å². The molecule has 2 aliphatic heterocycles. The molecule has 0 aliphatic carbocycles. The summed E-state index contributed by atoms with van der Waals surface area (Å²) in [6.07, 6.45) is -0.289. The second kappa shape index (κ2) is 11.6. The summed E-state index contributed by atoms with van der Waals surface area (Å²) in [5.41, 5.74) is 5.49. The van der Waals surface area contributed by atoms with Crippen molar-refractivity contribution in [3.05, 3.63) is 23.8 Å². The molecule has 19 heteroatoms. The molecule has 13 nitrogen and oxygen atoms in total. The van der Waals surface area contributed by atoms with Gasteiger partial charge in [-0.3, -0.25) is 9.98 Å². The fraction of sp³-hybridized carbons (Fsp3) is 0.640. The Morgan fingerprint density at radius 2 is 1.64 bits per heavy atom. The lowest BCUT2D eigenvalue weighted by molar-refractivity contribution is -0.0544. The van der Waals surface area contributed by atoms with E-state index in [0.717, 1.165) is 10.9 Å². The predicted molar refractivity (Wildman–Crippen MR) is 161 cm³/mol.